The number of hydrogen-bond acceptors (Lipinski definition) is 4. The molecule has 0 saturated carbocycles. The van der Waals surface area contributed by atoms with Crippen molar-refractivity contribution >= 4 is 35.1 Å². The second kappa shape index (κ2) is 6.23. The largest absolute Gasteiger partial charge is 0.455 e. The Balaban J connectivity index is 1.55. The molecule has 24 heavy (non-hydrogen) atoms. The van der Waals surface area contributed by atoms with Crippen molar-refractivity contribution < 1.29 is 13.9 Å². The third-order valence-electron chi connectivity index (χ3n) is 3.53. The zero-order valence-corrected chi connectivity index (χ0v) is 13.8. The number of nitrogens with zero attached hydrogens (tertiary/aromatic N) is 1. The van der Waals surface area contributed by atoms with E-state index in [0.717, 1.165) is 17.0 Å². The van der Waals surface area contributed by atoms with E-state index in [1.807, 2.05) is 36.4 Å². The number of hydrogen-bond donors (Lipinski definition) is 0. The highest BCUT2D eigenvalue weighted by atomic mass is 35.5. The van der Waals surface area contributed by atoms with Gasteiger partial charge in [0, 0.05) is 11.6 Å². The molecule has 0 saturated heterocycles. The molecule has 1 aliphatic heterocycles. The van der Waals surface area contributed by atoms with Crippen LogP contribution in [0.3, 0.4) is 0 Å². The van der Waals surface area contributed by atoms with Gasteiger partial charge in [0.25, 0.3) is 0 Å². The van der Waals surface area contributed by atoms with Crippen LogP contribution in [0.5, 0.6) is 11.5 Å². The van der Waals surface area contributed by atoms with Gasteiger partial charge in [0.15, 0.2) is 11.5 Å². The Morgan fingerprint density at radius 1 is 0.875 bits per heavy atom. The van der Waals surface area contributed by atoms with Crippen LogP contribution in [0.2, 0.25) is 10.0 Å². The van der Waals surface area contributed by atoms with E-state index in [1.54, 1.807) is 18.3 Å². The molecule has 0 radical (unpaired) electrons. The molecule has 0 unspecified atom stereocenters. The van der Waals surface area contributed by atoms with Gasteiger partial charge < -0.3 is 13.9 Å². The zero-order chi connectivity index (χ0) is 16.5. The third kappa shape index (κ3) is 2.98. The first-order chi connectivity index (χ1) is 11.7. The quantitative estimate of drug-likeness (QED) is 0.560. The summed E-state index contributed by atoms with van der Waals surface area (Å²) in [5, 5.41) is 0.998. The molecular weight excluding hydrogens is 349 g/mol. The fraction of sp³-hybridized carbons (Fsp3) is 0.0556. The fourth-order valence-corrected chi connectivity index (χ4v) is 2.63. The highest BCUT2D eigenvalue weighted by Gasteiger charge is 2.12. The van der Waals surface area contributed by atoms with Crippen LogP contribution in [0.25, 0.3) is 11.3 Å². The summed E-state index contributed by atoms with van der Waals surface area (Å²) in [6.07, 6.45) is 1.65. The van der Waals surface area contributed by atoms with Crippen LogP contribution in [-0.2, 0) is 0 Å². The molecule has 0 bridgehead atoms. The van der Waals surface area contributed by atoms with E-state index in [1.165, 1.54) is 0 Å². The summed E-state index contributed by atoms with van der Waals surface area (Å²) >= 11 is 12.0. The lowest BCUT2D eigenvalue weighted by Gasteiger charge is -1.99. The van der Waals surface area contributed by atoms with Crippen molar-refractivity contribution in [2.45, 2.75) is 0 Å². The number of halogens is 2. The lowest BCUT2D eigenvalue weighted by molar-refractivity contribution is 0.174. The monoisotopic (exact) mass is 359 g/mol. The molecule has 4 nitrogen and oxygen atoms in total. The Kier molecular flexibility index (Phi) is 3.92. The Hall–Kier alpha value is -2.43. The number of benzene rings is 2. The predicted molar refractivity (Wildman–Crippen MR) is 94.0 cm³/mol. The lowest BCUT2D eigenvalue weighted by atomic mass is 10.2. The smallest absolute Gasteiger partial charge is 0.231 e. The van der Waals surface area contributed by atoms with E-state index in [4.69, 9.17) is 37.1 Å². The van der Waals surface area contributed by atoms with Crippen LogP contribution in [-0.4, -0.2) is 13.0 Å². The Morgan fingerprint density at radius 2 is 1.75 bits per heavy atom. The topological polar surface area (TPSA) is 44.0 Å². The summed E-state index contributed by atoms with van der Waals surface area (Å²) in [5.41, 5.74) is 1.61. The minimum atomic E-state index is 0.244. The summed E-state index contributed by atoms with van der Waals surface area (Å²) in [6.45, 7) is 0.244. The van der Waals surface area contributed by atoms with E-state index in [9.17, 15) is 0 Å². The molecule has 0 spiro atoms. The van der Waals surface area contributed by atoms with Gasteiger partial charge in [0.1, 0.15) is 11.5 Å². The molecular formula is C18H11Cl2NO3. The first-order valence-electron chi connectivity index (χ1n) is 7.18. The number of furan rings is 1. The predicted octanol–water partition coefficient (Wildman–Crippen LogP) is 5.73. The van der Waals surface area contributed by atoms with Gasteiger partial charge in [-0.3, -0.25) is 4.99 Å². The molecule has 2 aromatic carbocycles. The maximum Gasteiger partial charge on any atom is 0.231 e. The van der Waals surface area contributed by atoms with Crippen molar-refractivity contribution in [1.82, 2.24) is 0 Å². The Labute approximate surface area is 148 Å². The molecule has 6 heteroatoms. The van der Waals surface area contributed by atoms with E-state index in [-0.39, 0.29) is 6.79 Å². The van der Waals surface area contributed by atoms with Crippen molar-refractivity contribution in [2.75, 3.05) is 6.79 Å². The zero-order valence-electron chi connectivity index (χ0n) is 12.3. The van der Waals surface area contributed by atoms with Crippen molar-refractivity contribution in [3.63, 3.8) is 0 Å². The highest BCUT2D eigenvalue weighted by molar-refractivity contribution is 6.42. The van der Waals surface area contributed by atoms with E-state index in [2.05, 4.69) is 4.99 Å². The maximum atomic E-state index is 6.04. The normalized spacial score (nSPS) is 12.9. The van der Waals surface area contributed by atoms with Gasteiger partial charge in [-0.15, -0.1) is 0 Å². The van der Waals surface area contributed by atoms with Crippen LogP contribution in [0.15, 0.2) is 57.9 Å². The fourth-order valence-electron chi connectivity index (χ4n) is 2.33. The molecule has 1 aromatic heterocycles. The van der Waals surface area contributed by atoms with Gasteiger partial charge in [-0.1, -0.05) is 23.2 Å². The summed E-state index contributed by atoms with van der Waals surface area (Å²) < 4.78 is 16.4. The molecule has 0 fully saturated rings. The van der Waals surface area contributed by atoms with Crippen molar-refractivity contribution in [3.05, 3.63) is 64.3 Å². The molecule has 0 atom stereocenters. The molecule has 0 amide bonds. The number of ether oxygens (including phenoxy) is 2. The van der Waals surface area contributed by atoms with Crippen molar-refractivity contribution in [3.8, 4) is 22.8 Å². The van der Waals surface area contributed by atoms with E-state index < -0.39 is 0 Å². The third-order valence-corrected chi connectivity index (χ3v) is 4.27. The molecule has 2 heterocycles. The van der Waals surface area contributed by atoms with Gasteiger partial charge >= 0.3 is 0 Å². The molecule has 4 rings (SSSR count). The minimum absolute atomic E-state index is 0.244. The summed E-state index contributed by atoms with van der Waals surface area (Å²) in [4.78, 5) is 4.39. The molecule has 0 N–H and O–H groups in total. The maximum absolute atomic E-state index is 6.04. The summed E-state index contributed by atoms with van der Waals surface area (Å²) in [7, 11) is 0. The van der Waals surface area contributed by atoms with E-state index in [0.29, 0.717) is 27.3 Å². The van der Waals surface area contributed by atoms with Gasteiger partial charge in [0.05, 0.1) is 21.9 Å². The van der Waals surface area contributed by atoms with Crippen LogP contribution in [0.4, 0.5) is 5.69 Å². The second-order valence-corrected chi connectivity index (χ2v) is 5.94. The molecule has 1 aliphatic rings. The Bertz CT molecular complexity index is 934. The standard InChI is InChI=1S/C18H11Cl2NO3/c19-14-4-1-11(7-15(14)20)16-6-3-13(24-16)9-21-12-2-5-17-18(8-12)23-10-22-17/h1-9H,10H2. The molecule has 120 valence electrons. The summed E-state index contributed by atoms with van der Waals surface area (Å²) in [6, 6.07) is 14.6. The van der Waals surface area contributed by atoms with Crippen molar-refractivity contribution in [2.24, 2.45) is 4.99 Å². The number of fused-ring (bicyclic) bond motifs is 1. The van der Waals surface area contributed by atoms with Crippen LogP contribution in [0, 0.1) is 0 Å². The average molecular weight is 360 g/mol. The van der Waals surface area contributed by atoms with Gasteiger partial charge in [0.2, 0.25) is 6.79 Å². The number of aliphatic imine (C=N–C) groups is 1. The molecule has 3 aromatic rings. The van der Waals surface area contributed by atoms with Gasteiger partial charge in [-0.05, 0) is 42.5 Å². The SMILES string of the molecule is Clc1ccc(-c2ccc(C=Nc3ccc4c(c3)OCO4)o2)cc1Cl. The minimum Gasteiger partial charge on any atom is -0.455 e. The van der Waals surface area contributed by atoms with Crippen LogP contribution >= 0.6 is 23.2 Å². The van der Waals surface area contributed by atoms with Gasteiger partial charge in [-0.2, -0.15) is 0 Å². The lowest BCUT2D eigenvalue weighted by Crippen LogP contribution is -1.92. The second-order valence-electron chi connectivity index (χ2n) is 5.13. The van der Waals surface area contributed by atoms with Crippen molar-refractivity contribution in [1.29, 1.82) is 0 Å². The summed E-state index contributed by atoms with van der Waals surface area (Å²) in [5.74, 6) is 2.75. The van der Waals surface area contributed by atoms with Crippen LogP contribution in [0.1, 0.15) is 5.76 Å². The Morgan fingerprint density at radius 3 is 2.62 bits per heavy atom. The van der Waals surface area contributed by atoms with E-state index >= 15 is 0 Å². The van der Waals surface area contributed by atoms with Gasteiger partial charge in [-0.25, -0.2) is 0 Å². The highest BCUT2D eigenvalue weighted by Crippen LogP contribution is 2.35. The molecule has 0 aliphatic carbocycles. The first-order valence-corrected chi connectivity index (χ1v) is 7.93. The van der Waals surface area contributed by atoms with Crippen LogP contribution < -0.4 is 9.47 Å². The average Bonchev–Trinajstić information content (AvgIpc) is 3.24. The first kappa shape index (κ1) is 15.1. The number of rotatable bonds is 3.